The fourth-order valence-electron chi connectivity index (χ4n) is 8.29. The lowest BCUT2D eigenvalue weighted by Gasteiger charge is -2.51. The van der Waals surface area contributed by atoms with Gasteiger partial charge in [-0.2, -0.15) is 4.31 Å². The average Bonchev–Trinajstić information content (AvgIpc) is 3.83. The number of nitrogens with one attached hydrogen (secondary N) is 2. The first-order chi connectivity index (χ1) is 24.1. The molecule has 4 aliphatic heterocycles. The Bertz CT molecular complexity index is 1860. The zero-order chi connectivity index (χ0) is 35.0. The number of methoxy groups -OCH3 is 2. The van der Waals surface area contributed by atoms with E-state index in [0.717, 1.165) is 44.3 Å². The van der Waals surface area contributed by atoms with E-state index >= 15 is 0 Å². The summed E-state index contributed by atoms with van der Waals surface area (Å²) in [6, 6.07) is 20.7. The van der Waals surface area contributed by atoms with E-state index in [0.29, 0.717) is 61.2 Å². The molecule has 0 amide bonds. The molecule has 0 radical (unpaired) electrons. The highest BCUT2D eigenvalue weighted by atomic mass is 32.2. The van der Waals surface area contributed by atoms with Crippen molar-refractivity contribution in [1.29, 1.82) is 0 Å². The third-order valence-corrected chi connectivity index (χ3v) is 14.5. The zero-order valence-electron chi connectivity index (χ0n) is 28.5. The number of rotatable bonds is 6. The van der Waals surface area contributed by atoms with E-state index < -0.39 is 25.8 Å². The summed E-state index contributed by atoms with van der Waals surface area (Å²) in [5, 5.41) is 6.93. The molecule has 0 bridgehead atoms. The van der Waals surface area contributed by atoms with Crippen LogP contribution in [-0.4, -0.2) is 86.5 Å². The van der Waals surface area contributed by atoms with Crippen molar-refractivity contribution in [3.63, 3.8) is 0 Å². The summed E-state index contributed by atoms with van der Waals surface area (Å²) in [5.41, 5.74) is 0.634. The molecule has 50 heavy (non-hydrogen) atoms. The molecule has 1 saturated carbocycles. The molecule has 4 fully saturated rings. The fraction of sp³-hybridized carbons (Fsp3) is 0.500. The highest BCUT2D eigenvalue weighted by Gasteiger charge is 2.54. The van der Waals surface area contributed by atoms with E-state index in [2.05, 4.69) is 10.6 Å². The van der Waals surface area contributed by atoms with Crippen LogP contribution in [0.3, 0.4) is 0 Å². The molecule has 2 N–H and O–H groups in total. The van der Waals surface area contributed by atoms with E-state index in [1.807, 2.05) is 24.3 Å². The summed E-state index contributed by atoms with van der Waals surface area (Å²) < 4.78 is 78.4. The topological polar surface area (TPSA) is 136 Å². The Hall–Kier alpha value is -3.24. The number of hydrogen-bond acceptors (Lipinski definition) is 10. The van der Waals surface area contributed by atoms with Crippen LogP contribution in [-0.2, 0) is 35.2 Å². The third-order valence-electron chi connectivity index (χ3n) is 10.7. The number of piperidine rings is 1. The number of benzene rings is 3. The Kier molecular flexibility index (Phi) is 9.89. The monoisotopic (exact) mass is 726 g/mol. The van der Waals surface area contributed by atoms with Gasteiger partial charge in [-0.15, -0.1) is 0 Å². The normalized spacial score (nSPS) is 28.1. The average molecular weight is 727 g/mol. The molecule has 4 atom stereocenters. The summed E-state index contributed by atoms with van der Waals surface area (Å²) in [5.74, 6) is 1.52. The summed E-state index contributed by atoms with van der Waals surface area (Å²) in [7, 11) is -4.03. The van der Waals surface area contributed by atoms with Crippen LogP contribution in [0.4, 0.5) is 5.69 Å². The lowest BCUT2D eigenvalue weighted by Crippen LogP contribution is -2.64. The van der Waals surface area contributed by atoms with Crippen molar-refractivity contribution in [2.75, 3.05) is 57.9 Å². The first-order valence-corrected chi connectivity index (χ1v) is 20.2. The second kappa shape index (κ2) is 14.1. The van der Waals surface area contributed by atoms with Gasteiger partial charge in [-0.3, -0.25) is 14.9 Å². The van der Waals surface area contributed by atoms with E-state index in [-0.39, 0.29) is 22.6 Å². The largest absolute Gasteiger partial charge is 0.497 e. The van der Waals surface area contributed by atoms with Gasteiger partial charge in [0.15, 0.2) is 0 Å². The Morgan fingerprint density at radius 1 is 0.720 bits per heavy atom. The maximum atomic E-state index is 13.3. The number of nitrogens with zero attached hydrogens (tertiary/aromatic N) is 2. The van der Waals surface area contributed by atoms with Crippen LogP contribution in [0.2, 0.25) is 0 Å². The lowest BCUT2D eigenvalue weighted by molar-refractivity contribution is -0.120. The molecule has 1 aliphatic carbocycles. The smallest absolute Gasteiger partial charge is 0.264 e. The SMILES string of the molecule is COc1ccc(S(=O)(=O)N2CCC3(NCCO3)C3CCCCC32)cc1.COc1ccc(S(=O)(=O)N2CCC3(NCCO3)c3ccccc32)cc1. The van der Waals surface area contributed by atoms with Crippen LogP contribution < -0.4 is 24.4 Å². The highest BCUT2D eigenvalue weighted by Crippen LogP contribution is 2.46. The van der Waals surface area contributed by atoms with Crippen molar-refractivity contribution in [2.24, 2.45) is 5.92 Å². The molecule has 3 aromatic rings. The highest BCUT2D eigenvalue weighted by molar-refractivity contribution is 7.92. The minimum absolute atomic E-state index is 0.0141. The van der Waals surface area contributed by atoms with Gasteiger partial charge in [-0.1, -0.05) is 31.0 Å². The number of ether oxygens (including phenoxy) is 4. The quantitative estimate of drug-likeness (QED) is 0.384. The van der Waals surface area contributed by atoms with E-state index in [1.165, 1.54) is 4.31 Å². The molecule has 270 valence electrons. The fourth-order valence-corrected chi connectivity index (χ4v) is 11.5. The third kappa shape index (κ3) is 6.29. The van der Waals surface area contributed by atoms with E-state index in [9.17, 15) is 16.8 Å². The Morgan fingerprint density at radius 2 is 1.34 bits per heavy atom. The van der Waals surface area contributed by atoms with Crippen molar-refractivity contribution in [3.8, 4) is 11.5 Å². The van der Waals surface area contributed by atoms with Crippen LogP contribution in [0.5, 0.6) is 11.5 Å². The van der Waals surface area contributed by atoms with Gasteiger partial charge >= 0.3 is 0 Å². The van der Waals surface area contributed by atoms with E-state index in [4.69, 9.17) is 18.9 Å². The van der Waals surface area contributed by atoms with E-state index in [1.54, 1.807) is 67.1 Å². The van der Waals surface area contributed by atoms with Gasteiger partial charge in [-0.25, -0.2) is 16.8 Å². The zero-order valence-corrected chi connectivity index (χ0v) is 30.2. The van der Waals surface area contributed by atoms with Crippen molar-refractivity contribution < 1.29 is 35.8 Å². The summed E-state index contributed by atoms with van der Waals surface area (Å²) in [4.78, 5) is 0.591. The molecule has 5 aliphatic rings. The van der Waals surface area contributed by atoms with Crippen molar-refractivity contribution in [3.05, 3.63) is 78.4 Å². The second-order valence-corrected chi connectivity index (χ2v) is 17.0. The molecule has 4 heterocycles. The molecule has 3 saturated heterocycles. The second-order valence-electron chi connectivity index (χ2n) is 13.3. The summed E-state index contributed by atoms with van der Waals surface area (Å²) in [6.45, 7) is 3.82. The number of para-hydroxylation sites is 1. The maximum Gasteiger partial charge on any atom is 0.264 e. The van der Waals surface area contributed by atoms with Gasteiger partial charge in [0.2, 0.25) is 10.0 Å². The molecular formula is C36H46N4O8S2. The van der Waals surface area contributed by atoms with Crippen LogP contribution in [0.25, 0.3) is 0 Å². The Labute approximate surface area is 295 Å². The first kappa shape index (κ1) is 35.2. The lowest BCUT2D eigenvalue weighted by atomic mass is 9.74. The van der Waals surface area contributed by atoms with Gasteiger partial charge in [-0.05, 0) is 67.4 Å². The molecule has 3 aromatic carbocycles. The molecule has 0 aromatic heterocycles. The van der Waals surface area contributed by atoms with Gasteiger partial charge in [0.25, 0.3) is 10.0 Å². The van der Waals surface area contributed by atoms with Crippen molar-refractivity contribution >= 4 is 25.7 Å². The van der Waals surface area contributed by atoms with Crippen LogP contribution in [0.1, 0.15) is 44.1 Å². The number of anilines is 1. The molecule has 2 spiro atoms. The number of sulfonamides is 2. The molecular weight excluding hydrogens is 681 g/mol. The molecule has 8 rings (SSSR count). The predicted molar refractivity (Wildman–Crippen MR) is 188 cm³/mol. The molecule has 4 unspecified atom stereocenters. The minimum atomic E-state index is -3.65. The molecule has 14 heteroatoms. The Balaban J connectivity index is 0.000000157. The summed E-state index contributed by atoms with van der Waals surface area (Å²) >= 11 is 0. The number of hydrogen-bond donors (Lipinski definition) is 2. The van der Waals surface area contributed by atoms with Crippen molar-refractivity contribution in [1.82, 2.24) is 14.9 Å². The minimum Gasteiger partial charge on any atom is -0.497 e. The van der Waals surface area contributed by atoms with Gasteiger partial charge in [0.1, 0.15) is 22.9 Å². The maximum absolute atomic E-state index is 13.3. The van der Waals surface area contributed by atoms with Crippen LogP contribution >= 0.6 is 0 Å². The van der Waals surface area contributed by atoms with Crippen LogP contribution in [0, 0.1) is 5.92 Å². The van der Waals surface area contributed by atoms with Gasteiger partial charge < -0.3 is 18.9 Å². The standard InChI is InChI=1S/C18H26N2O4S.C18H20N2O4S/c2*1-23-14-6-8-15(9-7-14)25(21,22)20-12-10-18(19-11-13-24-18)16-4-2-3-5-17(16)20/h6-9,16-17,19H,2-5,10-13H2,1H3;2-9,19H,10-13H2,1H3. The Morgan fingerprint density at radius 3 is 1.96 bits per heavy atom. The van der Waals surface area contributed by atoms with Gasteiger partial charge in [0, 0.05) is 56.5 Å². The predicted octanol–water partition coefficient (Wildman–Crippen LogP) is 4.03. The van der Waals surface area contributed by atoms with Gasteiger partial charge in [0.05, 0.1) is 42.9 Å². The first-order valence-electron chi connectivity index (χ1n) is 17.3. The number of fused-ring (bicyclic) bond motifs is 4. The van der Waals surface area contributed by atoms with Crippen LogP contribution in [0.15, 0.2) is 82.6 Å². The van der Waals surface area contributed by atoms with Crippen molar-refractivity contribution in [2.45, 2.75) is 65.8 Å². The molecule has 12 nitrogen and oxygen atoms in total. The summed E-state index contributed by atoms with van der Waals surface area (Å²) in [6.07, 6.45) is 5.43.